The van der Waals surface area contributed by atoms with Crippen molar-refractivity contribution in [3.8, 4) is 0 Å². The van der Waals surface area contributed by atoms with Crippen LogP contribution < -0.4 is 39.8 Å². The summed E-state index contributed by atoms with van der Waals surface area (Å²) in [5, 5.41) is 16.7. The smallest absolute Gasteiger partial charge is 0.652 e. The molecule has 0 aliphatic carbocycles. The molecule has 0 unspecified atom stereocenters. The van der Waals surface area contributed by atoms with Crippen LogP contribution in [0.1, 0.15) is 0 Å². The maximum absolute atomic E-state index is 8.33. The fourth-order valence-corrected chi connectivity index (χ4v) is 0. The van der Waals surface area contributed by atoms with Gasteiger partial charge in [-0.25, -0.2) is 0 Å². The van der Waals surface area contributed by atoms with E-state index in [0.717, 1.165) is 0 Å². The molecule has 0 aromatic rings. The fourth-order valence-electron chi connectivity index (χ4n) is 0. The van der Waals surface area contributed by atoms with Crippen LogP contribution in [-0.4, -0.2) is 6.16 Å². The van der Waals surface area contributed by atoms with E-state index in [2.05, 4.69) is 0 Å². The Morgan fingerprint density at radius 3 is 1.33 bits per heavy atom. The second-order valence-corrected chi connectivity index (χ2v) is 0.250. The third-order valence-corrected chi connectivity index (χ3v) is 0. The van der Waals surface area contributed by atoms with E-state index < -0.39 is 6.16 Å². The van der Waals surface area contributed by atoms with Gasteiger partial charge in [0.15, 0.2) is 0 Å². The van der Waals surface area contributed by atoms with Crippen LogP contribution in [0.5, 0.6) is 0 Å². The van der Waals surface area contributed by atoms with Crippen molar-refractivity contribution in [2.75, 3.05) is 0 Å². The predicted octanol–water partition coefficient (Wildman–Crippen LogP) is -5.45. The quantitative estimate of drug-likeness (QED) is 0.415. The molecule has 0 rings (SSSR count). The van der Waals surface area contributed by atoms with Crippen molar-refractivity contribution in [2.45, 2.75) is 0 Å². The molecule has 0 aromatic heterocycles. The normalized spacial score (nSPS) is 4.00. The second kappa shape index (κ2) is 9.35. The number of carboxylic acid groups (broad SMARTS) is 2. The van der Waals surface area contributed by atoms with Gasteiger partial charge in [-0.2, -0.15) is 0 Å². The summed E-state index contributed by atoms with van der Waals surface area (Å²) in [6.45, 7) is 0. The van der Waals surface area contributed by atoms with Gasteiger partial charge in [-0.1, -0.05) is 0 Å². The molecule has 0 saturated carbocycles. The Morgan fingerprint density at radius 2 is 1.33 bits per heavy atom. The molecule has 0 amide bonds. The van der Waals surface area contributed by atoms with Gasteiger partial charge in [0.25, 0.3) is 0 Å². The van der Waals surface area contributed by atoms with Crippen molar-refractivity contribution < 1.29 is 65.6 Å². The molecule has 0 fully saturated rings. The largest absolute Gasteiger partial charge is 2.00 e. The van der Waals surface area contributed by atoms with Crippen molar-refractivity contribution in [2.24, 2.45) is 0 Å². The molecule has 0 bridgehead atoms. The van der Waals surface area contributed by atoms with E-state index >= 15 is 0 Å². The monoisotopic (exact) mass is 278 g/mol. The van der Waals surface area contributed by atoms with Crippen molar-refractivity contribution in [1.29, 1.82) is 0 Å². The van der Waals surface area contributed by atoms with E-state index in [1.807, 2.05) is 0 Å². The fraction of sp³-hybridized carbons (Fsp3) is 0. The molecule has 6 heavy (non-hydrogen) atoms. The molecule has 0 atom stereocenters. The Balaban J connectivity index is -0.0000000450. The average molecular weight is 278 g/mol. The molecule has 0 spiro atoms. The topological polar surface area (TPSA) is 63.2 Å². The third kappa shape index (κ3) is 84.6. The molecule has 0 aliphatic heterocycles. The second-order valence-electron chi connectivity index (χ2n) is 0.250. The first-order chi connectivity index (χ1) is 1.73. The van der Waals surface area contributed by atoms with E-state index in [-0.39, 0.29) is 50.6 Å². The number of carbonyl (C=O) groups is 1. The zero-order chi connectivity index (χ0) is 3.58. The van der Waals surface area contributed by atoms with Crippen LogP contribution in [0, 0.1) is 0 Å². The number of hydrogen-bond donors (Lipinski definition) is 0. The zero-order valence-corrected chi connectivity index (χ0v) is 7.31. The van der Waals surface area contributed by atoms with E-state index in [9.17, 15) is 0 Å². The molecule has 0 heterocycles. The van der Waals surface area contributed by atoms with E-state index in [1.54, 1.807) is 0 Å². The maximum atomic E-state index is 8.33. The summed E-state index contributed by atoms with van der Waals surface area (Å²) >= 11 is 0. The van der Waals surface area contributed by atoms with E-state index in [0.29, 0.717) is 0 Å². The molecule has 0 aromatic carbocycles. The molecule has 32 valence electrons. The molecule has 5 heteroatoms. The number of hydrogen-bond acceptors (Lipinski definition) is 3. The maximum Gasteiger partial charge on any atom is 2.00 e. The van der Waals surface area contributed by atoms with Gasteiger partial charge in [0.1, 0.15) is 0 Å². The van der Waals surface area contributed by atoms with E-state index in [4.69, 9.17) is 15.0 Å². The van der Waals surface area contributed by atoms with Crippen molar-refractivity contribution >= 4 is 6.16 Å². The van der Waals surface area contributed by atoms with Gasteiger partial charge in [-0.15, -0.1) is 0 Å². The first kappa shape index (κ1) is 15.8. The summed E-state index contributed by atoms with van der Waals surface area (Å²) < 4.78 is 0. The van der Waals surface area contributed by atoms with Crippen LogP contribution in [0.15, 0.2) is 0 Å². The average Bonchev–Trinajstić information content (AvgIpc) is 0.811. The summed E-state index contributed by atoms with van der Waals surface area (Å²) in [6.07, 6.45) is -2.33. The van der Waals surface area contributed by atoms with Gasteiger partial charge >= 0.3 is 50.6 Å². The van der Waals surface area contributed by atoms with Gasteiger partial charge in [0, 0.05) is 0 Å². The molecule has 3 nitrogen and oxygen atoms in total. The molecule has 0 aliphatic rings. The standard InChI is InChI=1S/CH2O3.Na.Pt/c2-1(3)4;;/h(H2,2,3,4);;/q;+1;+2/p-2. The van der Waals surface area contributed by atoms with Gasteiger partial charge in [0.2, 0.25) is 0 Å². The Bertz CT molecular complexity index is 33.8. The van der Waals surface area contributed by atoms with Crippen LogP contribution in [0.3, 0.4) is 0 Å². The van der Waals surface area contributed by atoms with Gasteiger partial charge in [0.05, 0.1) is 0 Å². The Kier molecular flexibility index (Phi) is 24.6. The molecule has 0 N–H and O–H groups in total. The Hall–Kier alpha value is 0.958. The van der Waals surface area contributed by atoms with Crippen molar-refractivity contribution in [3.05, 3.63) is 0 Å². The predicted molar refractivity (Wildman–Crippen MR) is 5.40 cm³/mol. The summed E-state index contributed by atoms with van der Waals surface area (Å²) in [7, 11) is 0. The Morgan fingerprint density at radius 1 is 1.33 bits per heavy atom. The van der Waals surface area contributed by atoms with Gasteiger partial charge < -0.3 is 15.0 Å². The first-order valence-electron chi connectivity index (χ1n) is 0.612. The molecule has 0 radical (unpaired) electrons. The van der Waals surface area contributed by atoms with Crippen molar-refractivity contribution in [3.63, 3.8) is 0 Å². The van der Waals surface area contributed by atoms with Gasteiger partial charge in [-0.05, 0) is 6.16 Å². The molecule has 0 saturated heterocycles. The summed E-state index contributed by atoms with van der Waals surface area (Å²) in [5.74, 6) is 0. The van der Waals surface area contributed by atoms with Crippen LogP contribution in [0.2, 0.25) is 0 Å². The molecular formula is CNaO3Pt+. The van der Waals surface area contributed by atoms with Crippen LogP contribution >= 0.6 is 0 Å². The van der Waals surface area contributed by atoms with Crippen LogP contribution in [-0.2, 0) is 21.1 Å². The van der Waals surface area contributed by atoms with E-state index in [1.165, 1.54) is 0 Å². The Labute approximate surface area is 71.3 Å². The van der Waals surface area contributed by atoms with Crippen LogP contribution in [0.4, 0.5) is 4.79 Å². The minimum absolute atomic E-state index is 0. The summed E-state index contributed by atoms with van der Waals surface area (Å²) in [5.41, 5.74) is 0. The van der Waals surface area contributed by atoms with Crippen molar-refractivity contribution in [1.82, 2.24) is 0 Å². The third-order valence-electron chi connectivity index (χ3n) is 0. The minimum Gasteiger partial charge on any atom is -0.652 e. The summed E-state index contributed by atoms with van der Waals surface area (Å²) in [6, 6.07) is 0. The zero-order valence-electron chi connectivity index (χ0n) is 3.04. The SMILES string of the molecule is O=C([O-])[O-].[Na+].[Pt+2]. The van der Waals surface area contributed by atoms with Gasteiger partial charge in [-0.3, -0.25) is 0 Å². The molecular weight excluding hydrogens is 278 g/mol. The first-order valence-corrected chi connectivity index (χ1v) is 0.612. The number of carbonyl (C=O) groups excluding carboxylic acids is 1. The van der Waals surface area contributed by atoms with Crippen LogP contribution in [0.25, 0.3) is 0 Å². The minimum atomic E-state index is -2.33. The summed E-state index contributed by atoms with van der Waals surface area (Å²) in [4.78, 5) is 8.33. The number of rotatable bonds is 0.